The van der Waals surface area contributed by atoms with E-state index in [1.54, 1.807) is 36.6 Å². The predicted molar refractivity (Wildman–Crippen MR) is 178 cm³/mol. The molecule has 234 valence electrons. The van der Waals surface area contributed by atoms with Crippen LogP contribution in [0.25, 0.3) is 0 Å². The Labute approximate surface area is 251 Å². The number of furan rings is 1. The highest BCUT2D eigenvalue weighted by Gasteiger charge is 2.19. The molecule has 41 heavy (non-hydrogen) atoms. The molecule has 1 heterocycles. The lowest BCUT2D eigenvalue weighted by Gasteiger charge is -2.18. The van der Waals surface area contributed by atoms with Crippen molar-refractivity contribution in [2.24, 2.45) is 5.73 Å². The Kier molecular flexibility index (Phi) is 18.0. The summed E-state index contributed by atoms with van der Waals surface area (Å²) in [5, 5.41) is 0.484. The van der Waals surface area contributed by atoms with Crippen LogP contribution in [0.4, 0.5) is 8.78 Å². The summed E-state index contributed by atoms with van der Waals surface area (Å²) in [5.74, 6) is 4.11. The Hall–Kier alpha value is -2.44. The maximum atomic E-state index is 12.7. The summed E-state index contributed by atoms with van der Waals surface area (Å²) in [6, 6.07) is 17.1. The van der Waals surface area contributed by atoms with Gasteiger partial charge < -0.3 is 10.2 Å². The molecular weight excluding hydrogens is 536 g/mol. The highest BCUT2D eigenvalue weighted by atomic mass is 32.2. The van der Waals surface area contributed by atoms with Gasteiger partial charge in [-0.25, -0.2) is 8.78 Å². The summed E-state index contributed by atoms with van der Waals surface area (Å²) in [6.07, 6.45) is 2.83. The van der Waals surface area contributed by atoms with Crippen molar-refractivity contribution >= 4 is 15.4 Å². The molecule has 0 amide bonds. The summed E-state index contributed by atoms with van der Waals surface area (Å²) in [5.41, 5.74) is 6.97. The zero-order valence-electron chi connectivity index (χ0n) is 28.0. The molecule has 1 aromatic heterocycles. The smallest absolute Gasteiger partial charge is 0.182 e. The molecule has 0 aliphatic rings. The van der Waals surface area contributed by atoms with Gasteiger partial charge in [0.1, 0.15) is 17.4 Å². The van der Waals surface area contributed by atoms with Crippen molar-refractivity contribution in [3.63, 3.8) is 0 Å². The lowest BCUT2D eigenvalue weighted by molar-refractivity contribution is 0.359. The summed E-state index contributed by atoms with van der Waals surface area (Å²) < 4.78 is 42.4. The second-order valence-corrected chi connectivity index (χ2v) is 15.4. The van der Waals surface area contributed by atoms with E-state index in [2.05, 4.69) is 82.0 Å². The average molecular weight is 594 g/mol. The van der Waals surface area contributed by atoms with Crippen molar-refractivity contribution in [1.82, 2.24) is 0 Å². The van der Waals surface area contributed by atoms with Gasteiger partial charge in [-0.05, 0) is 70.8 Å². The molecule has 0 aliphatic heterocycles. The van der Waals surface area contributed by atoms with Crippen LogP contribution in [0.2, 0.25) is 0 Å². The van der Waals surface area contributed by atoms with Crippen molar-refractivity contribution in [3.05, 3.63) is 89.2 Å². The summed E-state index contributed by atoms with van der Waals surface area (Å²) in [4.78, 5) is 0. The van der Waals surface area contributed by atoms with E-state index in [0.29, 0.717) is 5.09 Å². The van der Waals surface area contributed by atoms with Crippen LogP contribution in [0.3, 0.4) is 0 Å². The minimum Gasteiger partial charge on any atom is -0.452 e. The first-order chi connectivity index (χ1) is 18.5. The molecular formula is C35H57F2NO2S. The standard InChI is InChI=1S/2C10H13F.C10H16O2S.C3H8.C2H7N/c2*1-10(2,3)8-5-4-6-9(11)7-8;1-10(2,3)8-6-7-9(12-8)13(4,5)11;1-3-2;1-2-3/h2*4-7H,1-3H3;6-7H,4H2,1-3,5H3;3H2,1-2H3;2-3H2,1H3. The Balaban J connectivity index is 0. The Morgan fingerprint density at radius 1 is 0.732 bits per heavy atom. The maximum Gasteiger partial charge on any atom is 0.182 e. The molecule has 0 spiro atoms. The number of hydrogen-bond acceptors (Lipinski definition) is 3. The fourth-order valence-electron chi connectivity index (χ4n) is 2.87. The topological polar surface area (TPSA) is 56.2 Å². The van der Waals surface area contributed by atoms with Gasteiger partial charge in [-0.1, -0.05) is 114 Å². The molecule has 1 unspecified atom stereocenters. The van der Waals surface area contributed by atoms with Gasteiger partial charge >= 0.3 is 0 Å². The van der Waals surface area contributed by atoms with Crippen LogP contribution in [0.1, 0.15) is 106 Å². The van der Waals surface area contributed by atoms with E-state index in [1.165, 1.54) is 18.6 Å². The van der Waals surface area contributed by atoms with Crippen molar-refractivity contribution in [2.75, 3.05) is 12.8 Å². The molecule has 0 fully saturated rings. The average Bonchev–Trinajstić information content (AvgIpc) is 3.32. The van der Waals surface area contributed by atoms with E-state index in [9.17, 15) is 13.0 Å². The van der Waals surface area contributed by atoms with Crippen LogP contribution < -0.4 is 5.73 Å². The second kappa shape index (κ2) is 18.2. The van der Waals surface area contributed by atoms with Crippen LogP contribution in [-0.2, 0) is 25.8 Å². The first-order valence-electron chi connectivity index (χ1n) is 14.2. The van der Waals surface area contributed by atoms with Crippen LogP contribution >= 0.6 is 0 Å². The maximum absolute atomic E-state index is 12.7. The molecule has 3 aromatic rings. The molecule has 0 radical (unpaired) electrons. The quantitative estimate of drug-likeness (QED) is 0.286. The molecule has 0 saturated heterocycles. The summed E-state index contributed by atoms with van der Waals surface area (Å²) in [7, 11) is -2.21. The van der Waals surface area contributed by atoms with Gasteiger partial charge in [-0.15, -0.1) is 0 Å². The van der Waals surface area contributed by atoms with Crippen LogP contribution in [-0.4, -0.2) is 22.9 Å². The van der Waals surface area contributed by atoms with E-state index < -0.39 is 9.52 Å². The van der Waals surface area contributed by atoms with Crippen molar-refractivity contribution in [3.8, 4) is 0 Å². The van der Waals surface area contributed by atoms with Crippen LogP contribution in [0, 0.1) is 11.6 Å². The van der Waals surface area contributed by atoms with Crippen LogP contribution in [0.5, 0.6) is 0 Å². The first-order valence-corrected chi connectivity index (χ1v) is 16.3. The van der Waals surface area contributed by atoms with Crippen LogP contribution in [0.15, 0.2) is 70.2 Å². The second-order valence-electron chi connectivity index (χ2n) is 13.0. The van der Waals surface area contributed by atoms with E-state index >= 15 is 0 Å². The minimum atomic E-state index is -2.21. The van der Waals surface area contributed by atoms with E-state index in [0.717, 1.165) is 23.4 Å². The molecule has 3 rings (SSSR count). The zero-order chi connectivity index (χ0) is 32.7. The van der Waals surface area contributed by atoms with E-state index in [-0.39, 0.29) is 27.9 Å². The lowest BCUT2D eigenvalue weighted by Crippen LogP contribution is -2.10. The van der Waals surface area contributed by atoms with Gasteiger partial charge in [0.25, 0.3) is 0 Å². The highest BCUT2D eigenvalue weighted by molar-refractivity contribution is 7.99. The van der Waals surface area contributed by atoms with Gasteiger partial charge in [0.2, 0.25) is 0 Å². The van der Waals surface area contributed by atoms with Gasteiger partial charge in [-0.2, -0.15) is 0 Å². The lowest BCUT2D eigenvalue weighted by atomic mass is 9.87. The minimum absolute atomic E-state index is 0.0388. The number of benzene rings is 2. The van der Waals surface area contributed by atoms with Gasteiger partial charge in [0, 0.05) is 21.2 Å². The molecule has 6 heteroatoms. The molecule has 3 nitrogen and oxygen atoms in total. The predicted octanol–water partition coefficient (Wildman–Crippen LogP) is 9.91. The third kappa shape index (κ3) is 18.6. The number of halogens is 2. The monoisotopic (exact) mass is 593 g/mol. The van der Waals surface area contributed by atoms with Gasteiger partial charge in [0.05, 0.1) is 0 Å². The fourth-order valence-corrected chi connectivity index (χ4v) is 3.49. The number of hydrogen-bond donors (Lipinski definition) is 1. The summed E-state index contributed by atoms with van der Waals surface area (Å²) >= 11 is 0. The number of nitrogens with two attached hydrogens (primary N) is 1. The molecule has 2 aromatic carbocycles. The third-order valence-electron chi connectivity index (χ3n) is 5.13. The molecule has 1 atom stereocenters. The Morgan fingerprint density at radius 2 is 1.07 bits per heavy atom. The zero-order valence-corrected chi connectivity index (χ0v) is 28.8. The van der Waals surface area contributed by atoms with Crippen molar-refractivity contribution in [1.29, 1.82) is 0 Å². The third-order valence-corrected chi connectivity index (χ3v) is 6.20. The van der Waals surface area contributed by atoms with Gasteiger partial charge in [0.15, 0.2) is 5.09 Å². The fraction of sp³-hybridized carbons (Fsp3) is 0.514. The Bertz CT molecular complexity index is 1170. The van der Waals surface area contributed by atoms with E-state index in [4.69, 9.17) is 10.2 Å². The SMILES string of the molecule is C=S(C)(=O)c1ccc(C(C)(C)C)o1.CC(C)(C)c1cccc(F)c1.CC(C)(C)c1cccc(F)c1.CCC.CCN. The normalized spacial score (nSPS) is 12.5. The molecule has 0 bridgehead atoms. The highest BCUT2D eigenvalue weighted by Crippen LogP contribution is 2.26. The largest absolute Gasteiger partial charge is 0.452 e. The van der Waals surface area contributed by atoms with Gasteiger partial charge in [-0.3, -0.25) is 4.21 Å². The van der Waals surface area contributed by atoms with Crippen molar-refractivity contribution < 1.29 is 17.4 Å². The van der Waals surface area contributed by atoms with E-state index in [1.807, 2.05) is 25.1 Å². The first kappa shape index (κ1) is 40.7. The molecule has 0 aliphatic carbocycles. The Morgan fingerprint density at radius 3 is 1.24 bits per heavy atom. The van der Waals surface area contributed by atoms with Crippen molar-refractivity contribution in [2.45, 2.75) is 111 Å². The molecule has 0 saturated carbocycles. The number of rotatable bonds is 1. The molecule has 2 N–H and O–H groups in total. The summed E-state index contributed by atoms with van der Waals surface area (Å²) in [6.45, 7) is 25.5.